The molecule has 0 bridgehead atoms. The summed E-state index contributed by atoms with van der Waals surface area (Å²) in [7, 11) is 3.82. The molecule has 1 atom stereocenters. The maximum Gasteiger partial charge on any atom is 0.335 e. The summed E-state index contributed by atoms with van der Waals surface area (Å²) in [6, 6.07) is 54.7. The molecule has 1 aromatic heterocycles. The quantitative estimate of drug-likeness (QED) is 0.113. The number of nitrogens with zero attached hydrogens (tertiary/aromatic N) is 5. The van der Waals surface area contributed by atoms with Gasteiger partial charge >= 0.3 is 5.97 Å². The van der Waals surface area contributed by atoms with Crippen molar-refractivity contribution in [2.24, 2.45) is 11.7 Å². The Balaban J connectivity index is 0.000000380. The highest BCUT2D eigenvalue weighted by molar-refractivity contribution is 5.88. The smallest absolute Gasteiger partial charge is 0.335 e. The number of carbonyl (C=O) groups is 2. The number of hydrogen-bond donors (Lipinski definition) is 2. The summed E-state index contributed by atoms with van der Waals surface area (Å²) < 4.78 is 1.97. The van der Waals surface area contributed by atoms with Crippen LogP contribution in [0, 0.1) is 5.92 Å². The van der Waals surface area contributed by atoms with Gasteiger partial charge in [-0.2, -0.15) is 0 Å². The van der Waals surface area contributed by atoms with Gasteiger partial charge in [0.15, 0.2) is 5.82 Å². The van der Waals surface area contributed by atoms with Crippen molar-refractivity contribution in [3.63, 3.8) is 0 Å². The maximum absolute atomic E-state index is 11.8. The lowest BCUT2D eigenvalue weighted by atomic mass is 9.76. The third-order valence-corrected chi connectivity index (χ3v) is 9.99. The first-order chi connectivity index (χ1) is 27.2. The van der Waals surface area contributed by atoms with E-state index in [2.05, 4.69) is 115 Å². The Labute approximate surface area is 328 Å². The summed E-state index contributed by atoms with van der Waals surface area (Å²) in [4.78, 5) is 24.2. The summed E-state index contributed by atoms with van der Waals surface area (Å²) in [6.45, 7) is 2.10. The second kappa shape index (κ2) is 18.0. The van der Waals surface area contributed by atoms with Crippen LogP contribution in [0.15, 0.2) is 164 Å². The van der Waals surface area contributed by atoms with Crippen molar-refractivity contribution in [3.8, 4) is 22.5 Å². The van der Waals surface area contributed by atoms with E-state index in [0.29, 0.717) is 17.8 Å². The lowest BCUT2D eigenvalue weighted by Crippen LogP contribution is -2.39. The van der Waals surface area contributed by atoms with Crippen LogP contribution < -0.4 is 10.6 Å². The number of hydrogen-bond acceptors (Lipinski definition) is 6. The van der Waals surface area contributed by atoms with Crippen LogP contribution in [0.25, 0.3) is 22.5 Å². The highest BCUT2D eigenvalue weighted by atomic mass is 16.4. The molecule has 0 aliphatic rings. The zero-order valence-corrected chi connectivity index (χ0v) is 31.9. The molecule has 0 radical (unpaired) electrons. The van der Waals surface area contributed by atoms with Crippen molar-refractivity contribution in [1.82, 2.24) is 20.2 Å². The summed E-state index contributed by atoms with van der Waals surface area (Å²) in [5.41, 5.74) is 13.3. The monoisotopic (exact) mass is 742 g/mol. The highest BCUT2D eigenvalue weighted by Crippen LogP contribution is 2.43. The molecule has 7 aromatic rings. The minimum atomic E-state index is -0.889. The molecule has 3 N–H and O–H groups in total. The molecule has 7 rings (SSSR count). The van der Waals surface area contributed by atoms with E-state index in [1.54, 1.807) is 24.3 Å². The zero-order valence-electron chi connectivity index (χ0n) is 31.9. The van der Waals surface area contributed by atoms with E-state index in [4.69, 9.17) is 21.2 Å². The molecule has 0 saturated carbocycles. The van der Waals surface area contributed by atoms with Crippen LogP contribution in [0.2, 0.25) is 0 Å². The van der Waals surface area contributed by atoms with Crippen molar-refractivity contribution in [1.29, 1.82) is 0 Å². The molecular formula is C47H46N6O3. The Hall–Kier alpha value is -6.87. The molecule has 9 nitrogen and oxygen atoms in total. The average molecular weight is 743 g/mol. The van der Waals surface area contributed by atoms with Gasteiger partial charge in [-0.3, -0.25) is 4.79 Å². The van der Waals surface area contributed by atoms with Gasteiger partial charge in [-0.1, -0.05) is 147 Å². The average Bonchev–Trinajstić information content (AvgIpc) is 3.72. The minimum Gasteiger partial charge on any atom is -0.478 e. The van der Waals surface area contributed by atoms with E-state index in [0.717, 1.165) is 57.5 Å². The van der Waals surface area contributed by atoms with Gasteiger partial charge in [-0.05, 0) is 86.5 Å². The number of carbonyl (C=O) groups excluding carboxylic acids is 1. The number of rotatable bonds is 13. The van der Waals surface area contributed by atoms with Gasteiger partial charge in [0.25, 0.3) is 0 Å². The van der Waals surface area contributed by atoms with E-state index in [-0.39, 0.29) is 11.8 Å². The number of tetrazole rings is 1. The number of aromatic nitrogens is 4. The molecule has 6 aromatic carbocycles. The van der Waals surface area contributed by atoms with Crippen molar-refractivity contribution < 1.29 is 14.7 Å². The van der Waals surface area contributed by atoms with Crippen molar-refractivity contribution in [2.75, 3.05) is 19.0 Å². The third kappa shape index (κ3) is 8.58. The molecule has 0 saturated heterocycles. The molecule has 282 valence electrons. The fraction of sp³-hybridized carbons (Fsp3) is 0.170. The SMILES string of the molecule is CCC(CC(N)=O)Cc1ccc(-c2ccccc2)c(-c2nnnn2C(c2ccccc2)(c2ccccc2)c2ccccc2)c1.CN(C)c1ccc(C(=O)O)cc1. The molecule has 0 aliphatic heterocycles. The zero-order chi connectivity index (χ0) is 39.5. The lowest BCUT2D eigenvalue weighted by molar-refractivity contribution is -0.118. The summed E-state index contributed by atoms with van der Waals surface area (Å²) in [5.74, 6) is -0.373. The first kappa shape index (κ1) is 38.8. The lowest BCUT2D eigenvalue weighted by Gasteiger charge is -2.36. The van der Waals surface area contributed by atoms with Crippen molar-refractivity contribution in [2.45, 2.75) is 31.7 Å². The Morgan fingerprint density at radius 3 is 1.70 bits per heavy atom. The van der Waals surface area contributed by atoms with E-state index >= 15 is 0 Å². The molecule has 9 heteroatoms. The fourth-order valence-corrected chi connectivity index (χ4v) is 7.14. The van der Waals surface area contributed by atoms with Crippen LogP contribution in [0.3, 0.4) is 0 Å². The van der Waals surface area contributed by atoms with Crippen molar-refractivity contribution in [3.05, 3.63) is 192 Å². The van der Waals surface area contributed by atoms with Crippen LogP contribution in [-0.4, -0.2) is 51.3 Å². The number of carboxylic acid groups (broad SMARTS) is 1. The molecule has 1 unspecified atom stereocenters. The normalized spacial score (nSPS) is 11.6. The number of nitrogens with two attached hydrogens (primary N) is 1. The van der Waals surface area contributed by atoms with E-state index in [1.807, 2.05) is 60.1 Å². The largest absolute Gasteiger partial charge is 0.478 e. The number of benzene rings is 6. The van der Waals surface area contributed by atoms with Gasteiger partial charge in [0.1, 0.15) is 5.54 Å². The van der Waals surface area contributed by atoms with Gasteiger partial charge in [0, 0.05) is 31.8 Å². The second-order valence-electron chi connectivity index (χ2n) is 13.9. The topological polar surface area (TPSA) is 127 Å². The highest BCUT2D eigenvalue weighted by Gasteiger charge is 2.42. The number of amides is 1. The summed E-state index contributed by atoms with van der Waals surface area (Å²) in [6.07, 6.45) is 1.93. The molecular weight excluding hydrogens is 697 g/mol. The molecule has 56 heavy (non-hydrogen) atoms. The van der Waals surface area contributed by atoms with Crippen LogP contribution >= 0.6 is 0 Å². The molecule has 0 aliphatic carbocycles. The van der Waals surface area contributed by atoms with E-state index < -0.39 is 11.5 Å². The molecule has 1 amide bonds. The van der Waals surface area contributed by atoms with Gasteiger partial charge < -0.3 is 15.7 Å². The van der Waals surface area contributed by atoms with E-state index in [9.17, 15) is 9.59 Å². The Bertz CT molecular complexity index is 2230. The van der Waals surface area contributed by atoms with Crippen molar-refractivity contribution >= 4 is 17.6 Å². The Kier molecular flexibility index (Phi) is 12.5. The molecule has 0 fully saturated rings. The Morgan fingerprint density at radius 1 is 0.714 bits per heavy atom. The second-order valence-corrected chi connectivity index (χ2v) is 13.9. The van der Waals surface area contributed by atoms with Crippen LogP contribution in [0.4, 0.5) is 5.69 Å². The predicted octanol–water partition coefficient (Wildman–Crippen LogP) is 8.74. The number of primary amides is 1. The summed E-state index contributed by atoms with van der Waals surface area (Å²) in [5, 5.41) is 22.4. The standard InChI is InChI=1S/C38H35N5O.C9H11NO2/c1-2-28(27-36(39)44)25-29-23-24-34(30-15-7-3-8-16-30)35(26-29)37-40-41-42-43(37)38(31-17-9-4-10-18-31,32-19-11-5-12-20-32)33-21-13-6-14-22-33;1-10(2)8-5-3-7(4-6-8)9(11)12/h3-24,26,28H,2,25,27H2,1H3,(H2,39,44);3-6H,1-2H3,(H,11,12). The number of anilines is 1. The van der Waals surface area contributed by atoms with Gasteiger partial charge in [0.2, 0.25) is 5.91 Å². The third-order valence-electron chi connectivity index (χ3n) is 9.99. The number of aromatic carboxylic acids is 1. The number of carboxylic acids is 1. The van der Waals surface area contributed by atoms with Gasteiger partial charge in [-0.25, -0.2) is 9.48 Å². The van der Waals surface area contributed by atoms with E-state index in [1.165, 1.54) is 0 Å². The fourth-order valence-electron chi connectivity index (χ4n) is 7.14. The van der Waals surface area contributed by atoms with Crippen LogP contribution in [-0.2, 0) is 16.8 Å². The molecule has 1 heterocycles. The van der Waals surface area contributed by atoms with Crippen LogP contribution in [0.5, 0.6) is 0 Å². The summed E-state index contributed by atoms with van der Waals surface area (Å²) >= 11 is 0. The van der Waals surface area contributed by atoms with Gasteiger partial charge in [-0.15, -0.1) is 5.10 Å². The minimum absolute atomic E-state index is 0.149. The first-order valence-corrected chi connectivity index (χ1v) is 18.7. The predicted molar refractivity (Wildman–Crippen MR) is 222 cm³/mol. The maximum atomic E-state index is 11.8. The van der Waals surface area contributed by atoms with Crippen LogP contribution in [0.1, 0.15) is 52.4 Å². The van der Waals surface area contributed by atoms with Gasteiger partial charge in [0.05, 0.1) is 5.56 Å². The first-order valence-electron chi connectivity index (χ1n) is 18.7. The Morgan fingerprint density at radius 2 is 1.23 bits per heavy atom. The molecule has 0 spiro atoms.